The van der Waals surface area contributed by atoms with E-state index in [9.17, 15) is 20.1 Å². The third-order valence-electron chi connectivity index (χ3n) is 6.26. The van der Waals surface area contributed by atoms with E-state index in [0.29, 0.717) is 16.8 Å². The van der Waals surface area contributed by atoms with E-state index in [1.54, 1.807) is 29.2 Å². The number of hydrogen-bond acceptors (Lipinski definition) is 5. The summed E-state index contributed by atoms with van der Waals surface area (Å²) < 4.78 is 5.78. The standard InChI is InChI=1S/C28H19N3O3/c1-16-13-28(2,3)31-25-22(16)11-19(12-23(25)24(26(31)32)18(14-29)15-30)34-27(33)21-10-6-8-17-7-4-5-9-20(17)21/h4-13H,1-3H3. The molecule has 3 aromatic rings. The maximum absolute atomic E-state index is 13.4. The lowest BCUT2D eigenvalue weighted by molar-refractivity contribution is -0.113. The van der Waals surface area contributed by atoms with Gasteiger partial charge in [0.2, 0.25) is 0 Å². The number of esters is 1. The van der Waals surface area contributed by atoms with E-state index in [0.717, 1.165) is 21.9 Å². The van der Waals surface area contributed by atoms with Crippen LogP contribution in [-0.4, -0.2) is 17.4 Å². The van der Waals surface area contributed by atoms with E-state index in [1.165, 1.54) is 0 Å². The fourth-order valence-corrected chi connectivity index (χ4v) is 4.89. The van der Waals surface area contributed by atoms with Gasteiger partial charge in [-0.3, -0.25) is 9.69 Å². The molecule has 0 bridgehead atoms. The monoisotopic (exact) mass is 445 g/mol. The van der Waals surface area contributed by atoms with Crippen LogP contribution in [0.3, 0.4) is 0 Å². The minimum Gasteiger partial charge on any atom is -0.423 e. The van der Waals surface area contributed by atoms with Crippen LogP contribution in [0.5, 0.6) is 5.75 Å². The van der Waals surface area contributed by atoms with Crippen molar-refractivity contribution in [1.82, 2.24) is 0 Å². The summed E-state index contributed by atoms with van der Waals surface area (Å²) in [7, 11) is 0. The zero-order valence-corrected chi connectivity index (χ0v) is 18.8. The molecule has 3 aromatic carbocycles. The second-order valence-electron chi connectivity index (χ2n) is 8.88. The molecule has 0 fully saturated rings. The average Bonchev–Trinajstić information content (AvgIpc) is 3.11. The van der Waals surface area contributed by atoms with E-state index in [2.05, 4.69) is 0 Å². The third-order valence-corrected chi connectivity index (χ3v) is 6.26. The SMILES string of the molecule is CC1=CC(C)(C)N2C(=O)C(=C(C#N)C#N)c3cc(OC(=O)c4cccc5ccccc45)cc1c32. The highest BCUT2D eigenvalue weighted by Crippen LogP contribution is 2.51. The van der Waals surface area contributed by atoms with Crippen LogP contribution in [-0.2, 0) is 4.79 Å². The normalized spacial score (nSPS) is 15.3. The Labute approximate surface area is 196 Å². The first-order valence-corrected chi connectivity index (χ1v) is 10.7. The summed E-state index contributed by atoms with van der Waals surface area (Å²) in [6, 6.07) is 19.9. The van der Waals surface area contributed by atoms with Gasteiger partial charge < -0.3 is 4.74 Å². The van der Waals surface area contributed by atoms with Crippen LogP contribution < -0.4 is 9.64 Å². The first-order valence-electron chi connectivity index (χ1n) is 10.7. The highest BCUT2D eigenvalue weighted by molar-refractivity contribution is 6.36. The predicted molar refractivity (Wildman–Crippen MR) is 129 cm³/mol. The zero-order chi connectivity index (χ0) is 24.2. The minimum atomic E-state index is -0.651. The molecule has 1 amide bonds. The van der Waals surface area contributed by atoms with Crippen molar-refractivity contribution in [3.05, 3.63) is 82.9 Å². The molecule has 0 unspecified atom stereocenters. The summed E-state index contributed by atoms with van der Waals surface area (Å²) in [5.74, 6) is -0.712. The quantitative estimate of drug-likeness (QED) is 0.228. The van der Waals surface area contributed by atoms with E-state index in [4.69, 9.17) is 4.74 Å². The number of allylic oxidation sites excluding steroid dienone is 2. The van der Waals surface area contributed by atoms with Crippen LogP contribution >= 0.6 is 0 Å². The molecule has 2 heterocycles. The van der Waals surface area contributed by atoms with Gasteiger partial charge in [-0.2, -0.15) is 10.5 Å². The molecule has 0 N–H and O–H groups in total. The molecular weight excluding hydrogens is 426 g/mol. The number of fused-ring (bicyclic) bond motifs is 1. The summed E-state index contributed by atoms with van der Waals surface area (Å²) in [6.07, 6.45) is 1.95. The zero-order valence-electron chi connectivity index (χ0n) is 18.8. The van der Waals surface area contributed by atoms with Crippen molar-refractivity contribution in [2.75, 3.05) is 4.90 Å². The molecule has 0 aromatic heterocycles. The predicted octanol–water partition coefficient (Wildman–Crippen LogP) is 5.40. The van der Waals surface area contributed by atoms with Crippen LogP contribution in [0, 0.1) is 22.7 Å². The topological polar surface area (TPSA) is 94.2 Å². The summed E-state index contributed by atoms with van der Waals surface area (Å²) in [4.78, 5) is 28.1. The van der Waals surface area contributed by atoms with Gasteiger partial charge in [-0.1, -0.05) is 42.5 Å². The van der Waals surface area contributed by atoms with E-state index < -0.39 is 17.4 Å². The van der Waals surface area contributed by atoms with Crippen LogP contribution in [0.2, 0.25) is 0 Å². The summed E-state index contributed by atoms with van der Waals surface area (Å²) in [5, 5.41) is 20.7. The number of anilines is 1. The molecule has 5 rings (SSSR count). The van der Waals surface area contributed by atoms with Gasteiger partial charge in [-0.15, -0.1) is 0 Å². The Morgan fingerprint density at radius 1 is 1.00 bits per heavy atom. The number of nitrogens with zero attached hydrogens (tertiary/aromatic N) is 3. The van der Waals surface area contributed by atoms with Crippen molar-refractivity contribution >= 4 is 39.5 Å². The van der Waals surface area contributed by atoms with Crippen LogP contribution in [0.15, 0.2) is 66.2 Å². The van der Waals surface area contributed by atoms with Gasteiger partial charge in [-0.25, -0.2) is 4.79 Å². The summed E-state index contributed by atoms with van der Waals surface area (Å²) >= 11 is 0. The molecule has 6 nitrogen and oxygen atoms in total. The number of carbonyl (C=O) groups excluding carboxylic acids is 2. The molecular formula is C28H19N3O3. The van der Waals surface area contributed by atoms with Gasteiger partial charge in [0, 0.05) is 11.1 Å². The molecule has 0 spiro atoms. The molecule has 0 saturated carbocycles. The Kier molecular flexibility index (Phi) is 4.63. The molecule has 2 aliphatic heterocycles. The first-order chi connectivity index (χ1) is 16.3. The Bertz CT molecular complexity index is 1560. The average molecular weight is 445 g/mol. The number of amides is 1. The second-order valence-corrected chi connectivity index (χ2v) is 8.88. The highest BCUT2D eigenvalue weighted by atomic mass is 16.5. The van der Waals surface area contributed by atoms with Gasteiger partial charge in [-0.05, 0) is 55.3 Å². The van der Waals surface area contributed by atoms with Crippen LogP contribution in [0.25, 0.3) is 21.9 Å². The molecule has 34 heavy (non-hydrogen) atoms. The van der Waals surface area contributed by atoms with Gasteiger partial charge in [0.25, 0.3) is 5.91 Å². The lowest BCUT2D eigenvalue weighted by atomic mass is 9.88. The van der Waals surface area contributed by atoms with E-state index in [1.807, 2.05) is 69.3 Å². The second kappa shape index (κ2) is 7.43. The minimum absolute atomic E-state index is 0.0282. The Morgan fingerprint density at radius 3 is 2.41 bits per heavy atom. The Balaban J connectivity index is 1.68. The van der Waals surface area contributed by atoms with Gasteiger partial charge in [0.15, 0.2) is 0 Å². The summed E-state index contributed by atoms with van der Waals surface area (Å²) in [6.45, 7) is 5.72. The number of nitriles is 2. The molecule has 6 heteroatoms. The summed E-state index contributed by atoms with van der Waals surface area (Å²) in [5.41, 5.74) is 2.19. The number of benzene rings is 3. The fraction of sp³-hybridized carbons (Fsp3) is 0.143. The van der Waals surface area contributed by atoms with Crippen molar-refractivity contribution in [2.24, 2.45) is 0 Å². The van der Waals surface area contributed by atoms with Gasteiger partial charge >= 0.3 is 5.97 Å². The lowest BCUT2D eigenvalue weighted by Gasteiger charge is -2.38. The number of rotatable bonds is 2. The Morgan fingerprint density at radius 2 is 1.68 bits per heavy atom. The van der Waals surface area contributed by atoms with Crippen molar-refractivity contribution in [3.8, 4) is 17.9 Å². The molecule has 164 valence electrons. The first kappa shape index (κ1) is 21.2. The molecule has 0 aliphatic carbocycles. The van der Waals surface area contributed by atoms with Gasteiger partial charge in [0.05, 0.1) is 22.4 Å². The maximum Gasteiger partial charge on any atom is 0.344 e. The van der Waals surface area contributed by atoms with Crippen molar-refractivity contribution < 1.29 is 14.3 Å². The number of carbonyl (C=O) groups is 2. The molecule has 0 radical (unpaired) electrons. The van der Waals surface area contributed by atoms with E-state index in [-0.39, 0.29) is 16.9 Å². The molecule has 2 aliphatic rings. The lowest BCUT2D eigenvalue weighted by Crippen LogP contribution is -2.46. The third kappa shape index (κ3) is 3.01. The van der Waals surface area contributed by atoms with Crippen molar-refractivity contribution in [3.63, 3.8) is 0 Å². The Hall–Kier alpha value is -4.68. The molecule has 0 saturated heterocycles. The van der Waals surface area contributed by atoms with Crippen molar-refractivity contribution in [1.29, 1.82) is 10.5 Å². The number of hydrogen-bond donors (Lipinski definition) is 0. The van der Waals surface area contributed by atoms with E-state index >= 15 is 0 Å². The van der Waals surface area contributed by atoms with Crippen LogP contribution in [0.1, 0.15) is 42.3 Å². The van der Waals surface area contributed by atoms with Crippen LogP contribution in [0.4, 0.5) is 5.69 Å². The largest absolute Gasteiger partial charge is 0.423 e. The van der Waals surface area contributed by atoms with Gasteiger partial charge in [0.1, 0.15) is 23.5 Å². The fourth-order valence-electron chi connectivity index (χ4n) is 4.89. The maximum atomic E-state index is 13.4. The van der Waals surface area contributed by atoms with Crippen molar-refractivity contribution in [2.45, 2.75) is 26.3 Å². The number of ether oxygens (including phenoxy) is 1. The molecule has 0 atom stereocenters. The highest BCUT2D eigenvalue weighted by Gasteiger charge is 2.46. The smallest absolute Gasteiger partial charge is 0.344 e.